The number of ether oxygens (including phenoxy) is 1. The number of carboxylic acid groups (broad SMARTS) is 1. The lowest BCUT2D eigenvalue weighted by Gasteiger charge is -2.37. The second-order valence-electron chi connectivity index (χ2n) is 6.48. The summed E-state index contributed by atoms with van der Waals surface area (Å²) in [6.45, 7) is 12.2. The van der Waals surface area contributed by atoms with Crippen LogP contribution in [0.2, 0.25) is 18.1 Å². The molecule has 0 fully saturated rings. The van der Waals surface area contributed by atoms with Crippen LogP contribution in [0.15, 0.2) is 18.2 Å². The van der Waals surface area contributed by atoms with Crippen LogP contribution in [0.4, 0.5) is 0 Å². The predicted molar refractivity (Wildman–Crippen MR) is 81.5 cm³/mol. The summed E-state index contributed by atoms with van der Waals surface area (Å²) < 4.78 is 4.96. The van der Waals surface area contributed by atoms with Crippen LogP contribution in [0.25, 0.3) is 0 Å². The van der Waals surface area contributed by atoms with Gasteiger partial charge >= 0.3 is 11.9 Å². The number of hydrogen-bond acceptors (Lipinski definition) is 3. The third kappa shape index (κ3) is 3.28. The Morgan fingerprint density at radius 3 is 2.15 bits per heavy atom. The summed E-state index contributed by atoms with van der Waals surface area (Å²) in [6.07, 6.45) is 0. The smallest absolute Gasteiger partial charge is 0.339 e. The minimum absolute atomic E-state index is 0.0440. The number of carbonyl (C=O) groups is 2. The second kappa shape index (κ2) is 5.40. The van der Waals surface area contributed by atoms with Crippen molar-refractivity contribution in [2.24, 2.45) is 0 Å². The Morgan fingerprint density at radius 2 is 1.75 bits per heavy atom. The van der Waals surface area contributed by atoms with Gasteiger partial charge in [0, 0.05) is 6.92 Å². The SMILES string of the molecule is CC(=O)Oc1ccc([Si](C)(C)C(C)(C)C)cc1C(=O)O. The number of aromatic carboxylic acids is 1. The molecule has 0 atom stereocenters. The summed E-state index contributed by atoms with van der Waals surface area (Å²) >= 11 is 0. The Hall–Kier alpha value is -1.62. The van der Waals surface area contributed by atoms with Crippen molar-refractivity contribution in [3.05, 3.63) is 23.8 Å². The Kier molecular flexibility index (Phi) is 4.44. The molecule has 1 aromatic carbocycles. The lowest BCUT2D eigenvalue weighted by atomic mass is 10.2. The van der Waals surface area contributed by atoms with Gasteiger partial charge in [-0.05, 0) is 17.2 Å². The molecule has 0 aliphatic carbocycles. The van der Waals surface area contributed by atoms with E-state index in [0.717, 1.165) is 5.19 Å². The topological polar surface area (TPSA) is 63.6 Å². The molecule has 0 aliphatic heterocycles. The van der Waals surface area contributed by atoms with E-state index in [1.54, 1.807) is 12.1 Å². The predicted octanol–water partition coefficient (Wildman–Crippen LogP) is 3.03. The average Bonchev–Trinajstić information content (AvgIpc) is 2.26. The average molecular weight is 294 g/mol. The lowest BCUT2D eigenvalue weighted by molar-refractivity contribution is -0.131. The van der Waals surface area contributed by atoms with Crippen molar-refractivity contribution < 1.29 is 19.4 Å². The van der Waals surface area contributed by atoms with E-state index in [9.17, 15) is 14.7 Å². The number of esters is 1. The fourth-order valence-corrected chi connectivity index (χ4v) is 3.63. The van der Waals surface area contributed by atoms with Crippen LogP contribution < -0.4 is 9.92 Å². The third-order valence-corrected chi connectivity index (χ3v) is 9.56. The number of rotatable bonds is 3. The molecular weight excluding hydrogens is 272 g/mol. The van der Waals surface area contributed by atoms with Crippen molar-refractivity contribution in [3.8, 4) is 5.75 Å². The molecule has 0 bridgehead atoms. The Morgan fingerprint density at radius 1 is 1.20 bits per heavy atom. The van der Waals surface area contributed by atoms with E-state index in [1.165, 1.54) is 6.92 Å². The van der Waals surface area contributed by atoms with Gasteiger partial charge in [0.1, 0.15) is 11.3 Å². The molecule has 0 unspecified atom stereocenters. The molecule has 4 nitrogen and oxygen atoms in total. The highest BCUT2D eigenvalue weighted by atomic mass is 28.3. The van der Waals surface area contributed by atoms with Gasteiger partial charge < -0.3 is 9.84 Å². The molecule has 0 heterocycles. The molecule has 1 rings (SSSR count). The second-order valence-corrected chi connectivity index (χ2v) is 11.8. The van der Waals surface area contributed by atoms with Crippen molar-refractivity contribution in [2.75, 3.05) is 0 Å². The van der Waals surface area contributed by atoms with Gasteiger partial charge in [0.15, 0.2) is 0 Å². The molecule has 0 saturated carbocycles. The number of benzene rings is 1. The molecule has 0 amide bonds. The largest absolute Gasteiger partial charge is 0.478 e. The van der Waals surface area contributed by atoms with Crippen LogP contribution in [-0.2, 0) is 4.79 Å². The van der Waals surface area contributed by atoms with Gasteiger partial charge in [-0.1, -0.05) is 45.1 Å². The van der Waals surface area contributed by atoms with Crippen molar-refractivity contribution >= 4 is 25.2 Å². The first kappa shape index (κ1) is 16.4. The third-order valence-electron chi connectivity index (χ3n) is 4.06. The summed E-state index contributed by atoms with van der Waals surface area (Å²) in [5.41, 5.74) is 0.0440. The van der Waals surface area contributed by atoms with Gasteiger partial charge in [-0.3, -0.25) is 4.79 Å². The van der Waals surface area contributed by atoms with Crippen molar-refractivity contribution in [1.29, 1.82) is 0 Å². The van der Waals surface area contributed by atoms with Crippen LogP contribution in [0.3, 0.4) is 0 Å². The summed E-state index contributed by atoms with van der Waals surface area (Å²) in [5.74, 6) is -1.50. The maximum Gasteiger partial charge on any atom is 0.339 e. The zero-order valence-electron chi connectivity index (χ0n) is 12.9. The van der Waals surface area contributed by atoms with E-state index in [2.05, 4.69) is 33.9 Å². The fraction of sp³-hybridized carbons (Fsp3) is 0.467. The van der Waals surface area contributed by atoms with Gasteiger partial charge in [-0.15, -0.1) is 0 Å². The van der Waals surface area contributed by atoms with Crippen LogP contribution >= 0.6 is 0 Å². The molecule has 0 saturated heterocycles. The molecule has 0 spiro atoms. The van der Waals surface area contributed by atoms with Crippen molar-refractivity contribution in [1.82, 2.24) is 0 Å². The quantitative estimate of drug-likeness (QED) is 0.529. The molecule has 20 heavy (non-hydrogen) atoms. The normalized spacial score (nSPS) is 12.1. The Labute approximate surface area is 120 Å². The molecular formula is C15H22O4Si. The zero-order chi connectivity index (χ0) is 15.7. The van der Waals surface area contributed by atoms with E-state index >= 15 is 0 Å². The van der Waals surface area contributed by atoms with Crippen LogP contribution in [0.5, 0.6) is 5.75 Å². The minimum Gasteiger partial charge on any atom is -0.478 e. The lowest BCUT2D eigenvalue weighted by Crippen LogP contribution is -2.49. The summed E-state index contributed by atoms with van der Waals surface area (Å²) in [4.78, 5) is 22.4. The highest BCUT2D eigenvalue weighted by molar-refractivity contribution is 6.92. The van der Waals surface area contributed by atoms with Crippen LogP contribution in [0.1, 0.15) is 38.1 Å². The molecule has 1 aromatic rings. The van der Waals surface area contributed by atoms with Gasteiger partial charge in [-0.25, -0.2) is 4.79 Å². The minimum atomic E-state index is -1.82. The standard InChI is InChI=1S/C15H22O4Si/c1-10(16)19-13-8-7-11(9-12(13)14(17)18)20(5,6)15(2,3)4/h7-9H,1-6H3,(H,17,18). The first-order valence-corrected chi connectivity index (χ1v) is 9.53. The van der Waals surface area contributed by atoms with E-state index in [1.807, 2.05) is 6.07 Å². The maximum atomic E-state index is 11.4. The van der Waals surface area contributed by atoms with Gasteiger partial charge in [-0.2, -0.15) is 0 Å². The highest BCUT2D eigenvalue weighted by Gasteiger charge is 2.37. The van der Waals surface area contributed by atoms with Gasteiger partial charge in [0.05, 0.1) is 8.07 Å². The summed E-state index contributed by atoms with van der Waals surface area (Å²) in [6, 6.07) is 5.11. The first-order valence-electron chi connectivity index (χ1n) is 6.53. The molecule has 0 aromatic heterocycles. The molecule has 1 N–H and O–H groups in total. The molecule has 5 heteroatoms. The molecule has 110 valence electrons. The van der Waals surface area contributed by atoms with Crippen LogP contribution in [0, 0.1) is 0 Å². The van der Waals surface area contributed by atoms with Crippen molar-refractivity contribution in [2.45, 2.75) is 45.8 Å². The summed E-state index contributed by atoms with van der Waals surface area (Å²) in [5, 5.41) is 10.4. The monoisotopic (exact) mass is 294 g/mol. The van der Waals surface area contributed by atoms with Gasteiger partial charge in [0.25, 0.3) is 0 Å². The van der Waals surface area contributed by atoms with E-state index in [4.69, 9.17) is 4.74 Å². The van der Waals surface area contributed by atoms with Gasteiger partial charge in [0.2, 0.25) is 0 Å². The highest BCUT2D eigenvalue weighted by Crippen LogP contribution is 2.36. The van der Waals surface area contributed by atoms with E-state index in [0.29, 0.717) is 0 Å². The maximum absolute atomic E-state index is 11.4. The first-order chi connectivity index (χ1) is 8.96. The number of carbonyl (C=O) groups excluding carboxylic acids is 1. The van der Waals surface area contributed by atoms with E-state index in [-0.39, 0.29) is 16.4 Å². The zero-order valence-corrected chi connectivity index (χ0v) is 13.9. The molecule has 0 aliphatic rings. The van der Waals surface area contributed by atoms with Crippen LogP contribution in [-0.4, -0.2) is 25.1 Å². The number of carboxylic acids is 1. The molecule has 0 radical (unpaired) electrons. The Bertz CT molecular complexity index is 541. The van der Waals surface area contributed by atoms with Crippen molar-refractivity contribution in [3.63, 3.8) is 0 Å². The fourth-order valence-electron chi connectivity index (χ4n) is 1.76. The number of hydrogen-bond donors (Lipinski definition) is 1. The Balaban J connectivity index is 3.38. The summed E-state index contributed by atoms with van der Waals surface area (Å²) in [7, 11) is -1.82. The van der Waals surface area contributed by atoms with E-state index < -0.39 is 20.0 Å².